The molecule has 0 bridgehead atoms. The van der Waals surface area contributed by atoms with Gasteiger partial charge in [0.15, 0.2) is 0 Å². The van der Waals surface area contributed by atoms with Crippen LogP contribution in [0.5, 0.6) is 5.75 Å². The quantitative estimate of drug-likeness (QED) is 0.639. The zero-order valence-electron chi connectivity index (χ0n) is 12.7. The van der Waals surface area contributed by atoms with E-state index in [0.717, 1.165) is 5.56 Å². The first kappa shape index (κ1) is 16.3. The fourth-order valence-electron chi connectivity index (χ4n) is 2.33. The summed E-state index contributed by atoms with van der Waals surface area (Å²) in [6, 6.07) is 4.80. The fourth-order valence-corrected chi connectivity index (χ4v) is 2.33. The summed E-state index contributed by atoms with van der Waals surface area (Å²) in [6.07, 6.45) is 0.321. The first-order valence-electron chi connectivity index (χ1n) is 7.05. The van der Waals surface area contributed by atoms with Crippen molar-refractivity contribution in [3.8, 4) is 5.75 Å². The van der Waals surface area contributed by atoms with Crippen molar-refractivity contribution in [2.75, 3.05) is 20.3 Å². The summed E-state index contributed by atoms with van der Waals surface area (Å²) < 4.78 is 10.6. The lowest BCUT2D eigenvalue weighted by molar-refractivity contribution is -0.135. The van der Waals surface area contributed by atoms with Crippen molar-refractivity contribution in [2.24, 2.45) is 0 Å². The SMILES string of the molecule is COCCC(=O)N1Cc2ccc(C(=O)NO)cc2OCC1C. The van der Waals surface area contributed by atoms with Gasteiger partial charge in [-0.2, -0.15) is 0 Å². The molecule has 0 fully saturated rings. The number of nitrogens with zero attached hydrogens (tertiary/aromatic N) is 1. The number of nitrogens with one attached hydrogen (secondary N) is 1. The fraction of sp³-hybridized carbons (Fsp3) is 0.467. The number of hydrogen-bond donors (Lipinski definition) is 2. The molecule has 0 aliphatic carbocycles. The molecule has 0 spiro atoms. The van der Waals surface area contributed by atoms with Crippen LogP contribution >= 0.6 is 0 Å². The predicted octanol–water partition coefficient (Wildman–Crippen LogP) is 0.952. The summed E-state index contributed by atoms with van der Waals surface area (Å²) in [5.41, 5.74) is 2.71. The van der Waals surface area contributed by atoms with Crippen LogP contribution in [0.1, 0.15) is 29.3 Å². The molecule has 1 aromatic rings. The minimum atomic E-state index is -0.600. The summed E-state index contributed by atoms with van der Waals surface area (Å²) in [6.45, 7) is 3.05. The molecule has 2 rings (SSSR count). The Hall–Kier alpha value is -2.12. The zero-order chi connectivity index (χ0) is 16.1. The highest BCUT2D eigenvalue weighted by atomic mass is 16.5. The lowest BCUT2D eigenvalue weighted by atomic mass is 10.1. The number of amides is 2. The van der Waals surface area contributed by atoms with Gasteiger partial charge in [-0.05, 0) is 19.1 Å². The van der Waals surface area contributed by atoms with Crippen LogP contribution in [0.3, 0.4) is 0 Å². The Bertz CT molecular complexity index is 561. The highest BCUT2D eigenvalue weighted by Crippen LogP contribution is 2.26. The molecule has 1 aromatic carbocycles. The molecule has 1 heterocycles. The highest BCUT2D eigenvalue weighted by Gasteiger charge is 2.25. The minimum absolute atomic E-state index is 0.00276. The van der Waals surface area contributed by atoms with Gasteiger partial charge in [0.2, 0.25) is 5.91 Å². The van der Waals surface area contributed by atoms with E-state index in [0.29, 0.717) is 37.5 Å². The maximum absolute atomic E-state index is 12.2. The number of methoxy groups -OCH3 is 1. The van der Waals surface area contributed by atoms with Gasteiger partial charge in [-0.3, -0.25) is 14.8 Å². The first-order valence-corrected chi connectivity index (χ1v) is 7.05. The van der Waals surface area contributed by atoms with Crippen LogP contribution < -0.4 is 10.2 Å². The van der Waals surface area contributed by atoms with Crippen molar-refractivity contribution >= 4 is 11.8 Å². The molecular weight excluding hydrogens is 288 g/mol. The van der Waals surface area contributed by atoms with E-state index in [1.54, 1.807) is 35.7 Å². The lowest BCUT2D eigenvalue weighted by Crippen LogP contribution is -2.40. The van der Waals surface area contributed by atoms with E-state index in [1.165, 1.54) is 0 Å². The van der Waals surface area contributed by atoms with E-state index < -0.39 is 5.91 Å². The molecule has 0 aromatic heterocycles. The number of benzene rings is 1. The Kier molecular flexibility index (Phi) is 5.35. The van der Waals surface area contributed by atoms with Gasteiger partial charge in [-0.25, -0.2) is 5.48 Å². The Morgan fingerprint density at radius 1 is 1.50 bits per heavy atom. The highest BCUT2D eigenvalue weighted by molar-refractivity contribution is 5.93. The second kappa shape index (κ2) is 7.24. The van der Waals surface area contributed by atoms with Gasteiger partial charge >= 0.3 is 0 Å². The molecule has 0 saturated carbocycles. The van der Waals surface area contributed by atoms with Crippen LogP contribution in [0.2, 0.25) is 0 Å². The summed E-state index contributed by atoms with van der Waals surface area (Å²) in [7, 11) is 1.56. The van der Waals surface area contributed by atoms with Gasteiger partial charge < -0.3 is 14.4 Å². The molecule has 1 unspecified atom stereocenters. The van der Waals surface area contributed by atoms with E-state index in [1.807, 2.05) is 6.92 Å². The molecule has 7 heteroatoms. The third kappa shape index (κ3) is 3.55. The summed E-state index contributed by atoms with van der Waals surface area (Å²) >= 11 is 0. The van der Waals surface area contributed by atoms with Crippen LogP contribution in [-0.4, -0.2) is 48.3 Å². The average Bonchev–Trinajstić information content (AvgIpc) is 2.70. The molecule has 120 valence electrons. The van der Waals surface area contributed by atoms with Crippen molar-refractivity contribution < 1.29 is 24.3 Å². The van der Waals surface area contributed by atoms with Gasteiger partial charge in [0.1, 0.15) is 12.4 Å². The molecule has 1 aliphatic heterocycles. The summed E-state index contributed by atoms with van der Waals surface area (Å²) in [5.74, 6) is -0.0466. The Balaban J connectivity index is 2.21. The topological polar surface area (TPSA) is 88.1 Å². The third-order valence-corrected chi connectivity index (χ3v) is 3.62. The monoisotopic (exact) mass is 308 g/mol. The van der Waals surface area contributed by atoms with Crippen molar-refractivity contribution in [1.82, 2.24) is 10.4 Å². The molecule has 7 nitrogen and oxygen atoms in total. The average molecular weight is 308 g/mol. The van der Waals surface area contributed by atoms with Crippen LogP contribution in [0.4, 0.5) is 0 Å². The van der Waals surface area contributed by atoms with Crippen LogP contribution in [0.25, 0.3) is 0 Å². The molecule has 2 N–H and O–H groups in total. The van der Waals surface area contributed by atoms with E-state index in [4.69, 9.17) is 14.7 Å². The Labute approximate surface area is 128 Å². The zero-order valence-corrected chi connectivity index (χ0v) is 12.7. The second-order valence-corrected chi connectivity index (χ2v) is 5.19. The second-order valence-electron chi connectivity index (χ2n) is 5.19. The number of hydrogen-bond acceptors (Lipinski definition) is 5. The molecule has 1 aliphatic rings. The van der Waals surface area contributed by atoms with E-state index in [-0.39, 0.29) is 11.9 Å². The van der Waals surface area contributed by atoms with Crippen molar-refractivity contribution in [2.45, 2.75) is 25.9 Å². The summed E-state index contributed by atoms with van der Waals surface area (Å²) in [4.78, 5) is 25.4. The lowest BCUT2D eigenvalue weighted by Gasteiger charge is -2.26. The standard InChI is InChI=1S/C15H20N2O5/c1-10-9-22-13-7-11(15(19)16-20)3-4-12(13)8-17(10)14(18)5-6-21-2/h3-4,7,10,20H,5-6,8-9H2,1-2H3,(H,16,19). The van der Waals surface area contributed by atoms with Gasteiger partial charge in [0, 0.05) is 24.8 Å². The number of rotatable bonds is 4. The maximum Gasteiger partial charge on any atom is 0.274 e. The molecule has 0 saturated heterocycles. The number of carbonyl (C=O) groups excluding carboxylic acids is 2. The first-order chi connectivity index (χ1) is 10.6. The number of hydroxylamine groups is 1. The largest absolute Gasteiger partial charge is 0.491 e. The van der Waals surface area contributed by atoms with Gasteiger partial charge in [-0.15, -0.1) is 0 Å². The molecule has 0 radical (unpaired) electrons. The van der Waals surface area contributed by atoms with Crippen molar-refractivity contribution in [1.29, 1.82) is 0 Å². The molecular formula is C15H20N2O5. The third-order valence-electron chi connectivity index (χ3n) is 3.62. The Morgan fingerprint density at radius 2 is 2.27 bits per heavy atom. The van der Waals surface area contributed by atoms with Crippen molar-refractivity contribution in [3.63, 3.8) is 0 Å². The van der Waals surface area contributed by atoms with Crippen molar-refractivity contribution in [3.05, 3.63) is 29.3 Å². The van der Waals surface area contributed by atoms with Crippen LogP contribution in [0.15, 0.2) is 18.2 Å². The van der Waals surface area contributed by atoms with E-state index >= 15 is 0 Å². The van der Waals surface area contributed by atoms with Gasteiger partial charge in [-0.1, -0.05) is 6.07 Å². The molecule has 22 heavy (non-hydrogen) atoms. The van der Waals surface area contributed by atoms with Crippen LogP contribution in [-0.2, 0) is 16.1 Å². The van der Waals surface area contributed by atoms with Gasteiger partial charge in [0.25, 0.3) is 5.91 Å². The summed E-state index contributed by atoms with van der Waals surface area (Å²) in [5, 5.41) is 8.68. The van der Waals surface area contributed by atoms with Crippen LogP contribution in [0, 0.1) is 0 Å². The normalized spacial score (nSPS) is 17.2. The van der Waals surface area contributed by atoms with Gasteiger partial charge in [0.05, 0.1) is 19.1 Å². The maximum atomic E-state index is 12.2. The number of fused-ring (bicyclic) bond motifs is 1. The number of carbonyl (C=O) groups is 2. The van der Waals surface area contributed by atoms with E-state index in [9.17, 15) is 9.59 Å². The Morgan fingerprint density at radius 3 is 2.95 bits per heavy atom. The minimum Gasteiger partial charge on any atom is -0.491 e. The number of ether oxygens (including phenoxy) is 2. The predicted molar refractivity (Wildman–Crippen MR) is 77.7 cm³/mol. The smallest absolute Gasteiger partial charge is 0.274 e. The van der Waals surface area contributed by atoms with E-state index in [2.05, 4.69) is 0 Å². The molecule has 1 atom stereocenters. The molecule has 2 amide bonds.